The molecule has 12 nitrogen and oxygen atoms in total. The smallest absolute Gasteiger partial charge is 0.267 e. The van der Waals surface area contributed by atoms with Crippen LogP contribution >= 0.6 is 11.3 Å². The van der Waals surface area contributed by atoms with Gasteiger partial charge in [-0.15, -0.1) is 11.3 Å². The number of ether oxygens (including phenoxy) is 1. The molecule has 18 heteroatoms. The predicted octanol–water partition coefficient (Wildman–Crippen LogP) is 6.84. The van der Waals surface area contributed by atoms with E-state index in [2.05, 4.69) is 24.8 Å². The quantitative estimate of drug-likeness (QED) is 0.129. The fourth-order valence-electron chi connectivity index (χ4n) is 6.11. The number of aryl methyl sites for hydroxylation is 1. The summed E-state index contributed by atoms with van der Waals surface area (Å²) < 4.78 is 102. The number of nitrogens with zero attached hydrogens (tertiary/aromatic N) is 5. The number of rotatable bonds is 13. The number of hydrogen-bond donors (Lipinski definition) is 2. The Bertz CT molecular complexity index is 2420. The minimum Gasteiger partial charge on any atom is -0.494 e. The Balaban J connectivity index is 1.27. The summed E-state index contributed by atoms with van der Waals surface area (Å²) >= 11 is 1.29. The van der Waals surface area contributed by atoms with E-state index in [9.17, 15) is 25.6 Å². The first kappa shape index (κ1) is 39.9. The molecule has 0 unspecified atom stereocenters. The van der Waals surface area contributed by atoms with Gasteiger partial charge in [-0.3, -0.25) is 9.62 Å². The van der Waals surface area contributed by atoms with Crippen LogP contribution in [0.25, 0.3) is 21.8 Å². The number of sulfone groups is 1. The minimum absolute atomic E-state index is 0.0491. The van der Waals surface area contributed by atoms with Gasteiger partial charge >= 0.3 is 0 Å². The zero-order valence-corrected chi connectivity index (χ0v) is 33.2. The lowest BCUT2D eigenvalue weighted by Gasteiger charge is -2.37. The van der Waals surface area contributed by atoms with Gasteiger partial charge in [0.05, 0.1) is 39.8 Å². The third-order valence-corrected chi connectivity index (χ3v) is 12.7. The van der Waals surface area contributed by atoms with Gasteiger partial charge < -0.3 is 15.0 Å². The van der Waals surface area contributed by atoms with Crippen molar-refractivity contribution in [1.29, 1.82) is 0 Å². The van der Waals surface area contributed by atoms with Crippen LogP contribution in [0.3, 0.4) is 0 Å². The Kier molecular flexibility index (Phi) is 11.7. The first-order valence-electron chi connectivity index (χ1n) is 17.2. The number of hydrogen-bond acceptors (Lipinski definition) is 12. The Morgan fingerprint density at radius 1 is 0.927 bits per heavy atom. The van der Waals surface area contributed by atoms with Crippen molar-refractivity contribution in [2.45, 2.75) is 31.6 Å². The second-order valence-electron chi connectivity index (χ2n) is 13.4. The van der Waals surface area contributed by atoms with Gasteiger partial charge in [0, 0.05) is 74.1 Å². The largest absolute Gasteiger partial charge is 0.494 e. The lowest BCUT2D eigenvalue weighted by molar-refractivity contribution is 0.272. The van der Waals surface area contributed by atoms with Crippen LogP contribution in [0.2, 0.25) is 0 Å². The molecule has 3 heterocycles. The number of benzene rings is 3. The standard InChI is InChI=1S/C37H40F3N7O5S3/c1-22(2)36-44-33(25-20-24(9-10-26(25)38)45-55(50,51)35-27(39)7-6-8-28(35)40)34(53-36)29-11-12-41-37(42-29)43-30-19-23(3)31(21-32(30)52-4)47-15-13-46(14-16-47)17-18-54(5,48)49/h6-12,19-22,45H,13-18H2,1-5H3,(H,41,42,43). The first-order chi connectivity index (χ1) is 26.0. The molecule has 1 fully saturated rings. The molecular formula is C37H40F3N7O5S3. The molecule has 0 bridgehead atoms. The van der Waals surface area contributed by atoms with Crippen LogP contribution in [-0.4, -0.2) is 88.5 Å². The van der Waals surface area contributed by atoms with E-state index in [-0.39, 0.29) is 34.6 Å². The number of aromatic nitrogens is 3. The third kappa shape index (κ3) is 9.20. The summed E-state index contributed by atoms with van der Waals surface area (Å²) in [5, 5.41) is 3.91. The van der Waals surface area contributed by atoms with Crippen LogP contribution in [0.15, 0.2) is 65.7 Å². The summed E-state index contributed by atoms with van der Waals surface area (Å²) in [4.78, 5) is 17.6. The topological polar surface area (TPSA) is 147 Å². The summed E-state index contributed by atoms with van der Waals surface area (Å²) in [6.07, 6.45) is 2.79. The molecule has 1 aliphatic heterocycles. The molecule has 0 atom stereocenters. The molecule has 0 spiro atoms. The number of methoxy groups -OCH3 is 1. The zero-order valence-electron chi connectivity index (χ0n) is 30.7. The molecule has 1 saturated heterocycles. The number of thiazole rings is 1. The van der Waals surface area contributed by atoms with Crippen molar-refractivity contribution in [3.05, 3.63) is 88.8 Å². The summed E-state index contributed by atoms with van der Waals surface area (Å²) in [6, 6.07) is 11.7. The molecule has 55 heavy (non-hydrogen) atoms. The lowest BCUT2D eigenvalue weighted by Crippen LogP contribution is -2.47. The summed E-state index contributed by atoms with van der Waals surface area (Å²) in [5.74, 6) is -2.39. The molecule has 5 aromatic rings. The Morgan fingerprint density at radius 3 is 2.29 bits per heavy atom. The Hall–Kier alpha value is -4.78. The monoisotopic (exact) mass is 815 g/mol. The number of anilines is 4. The summed E-state index contributed by atoms with van der Waals surface area (Å²) in [7, 11) is -6.20. The molecule has 0 aliphatic carbocycles. The van der Waals surface area contributed by atoms with E-state index in [1.807, 2.05) is 32.9 Å². The van der Waals surface area contributed by atoms with E-state index < -0.39 is 42.2 Å². The average Bonchev–Trinajstić information content (AvgIpc) is 3.58. The van der Waals surface area contributed by atoms with Crippen LogP contribution in [0.4, 0.5) is 36.2 Å². The van der Waals surface area contributed by atoms with Crippen LogP contribution in [-0.2, 0) is 19.9 Å². The van der Waals surface area contributed by atoms with Crippen molar-refractivity contribution in [2.24, 2.45) is 0 Å². The van der Waals surface area contributed by atoms with Crippen molar-refractivity contribution < 1.29 is 34.7 Å². The van der Waals surface area contributed by atoms with Gasteiger partial charge in [0.1, 0.15) is 33.0 Å². The van der Waals surface area contributed by atoms with Crippen LogP contribution in [0.1, 0.15) is 30.3 Å². The van der Waals surface area contributed by atoms with Gasteiger partial charge in [-0.05, 0) is 55.0 Å². The third-order valence-electron chi connectivity index (χ3n) is 8.94. The normalized spacial score (nSPS) is 14.0. The van der Waals surface area contributed by atoms with Crippen molar-refractivity contribution in [3.63, 3.8) is 0 Å². The van der Waals surface area contributed by atoms with Crippen molar-refractivity contribution in [3.8, 4) is 27.6 Å². The fraction of sp³-hybridized carbons (Fsp3) is 0.324. The zero-order chi connectivity index (χ0) is 39.7. The highest BCUT2D eigenvalue weighted by Gasteiger charge is 2.26. The minimum atomic E-state index is -4.72. The van der Waals surface area contributed by atoms with E-state index in [0.717, 1.165) is 67.8 Å². The summed E-state index contributed by atoms with van der Waals surface area (Å²) in [5.41, 5.74) is 3.00. The fourth-order valence-corrected chi connectivity index (χ4v) is 8.94. The van der Waals surface area contributed by atoms with Crippen molar-refractivity contribution in [2.75, 3.05) is 66.8 Å². The molecule has 2 aromatic heterocycles. The van der Waals surface area contributed by atoms with Crippen LogP contribution < -0.4 is 19.7 Å². The molecule has 3 aromatic carbocycles. The van der Waals surface area contributed by atoms with Crippen LogP contribution in [0.5, 0.6) is 5.75 Å². The molecule has 1 aliphatic rings. The lowest BCUT2D eigenvalue weighted by atomic mass is 10.1. The molecular weight excluding hydrogens is 776 g/mol. The van der Waals surface area contributed by atoms with Gasteiger partial charge in [-0.2, -0.15) is 0 Å². The van der Waals surface area contributed by atoms with E-state index >= 15 is 4.39 Å². The molecule has 0 amide bonds. The Morgan fingerprint density at radius 2 is 1.64 bits per heavy atom. The van der Waals surface area contributed by atoms with E-state index in [1.165, 1.54) is 23.7 Å². The second-order valence-corrected chi connectivity index (χ2v) is 18.3. The van der Waals surface area contributed by atoms with Gasteiger partial charge in [0.25, 0.3) is 10.0 Å². The number of piperazine rings is 1. The molecule has 6 rings (SSSR count). The predicted molar refractivity (Wildman–Crippen MR) is 209 cm³/mol. The molecule has 2 N–H and O–H groups in total. The van der Waals surface area contributed by atoms with E-state index in [1.54, 1.807) is 19.4 Å². The Labute approximate surface area is 322 Å². The number of sulfonamides is 1. The first-order valence-corrected chi connectivity index (χ1v) is 21.6. The maximum absolute atomic E-state index is 15.6. The average molecular weight is 816 g/mol. The summed E-state index contributed by atoms with van der Waals surface area (Å²) in [6.45, 7) is 9.25. The van der Waals surface area contributed by atoms with E-state index in [4.69, 9.17) is 14.7 Å². The maximum atomic E-state index is 15.6. The van der Waals surface area contributed by atoms with Crippen molar-refractivity contribution >= 4 is 54.2 Å². The molecule has 292 valence electrons. The number of nitrogens with one attached hydrogen (secondary N) is 2. The van der Waals surface area contributed by atoms with Crippen molar-refractivity contribution in [1.82, 2.24) is 19.9 Å². The van der Waals surface area contributed by atoms with Gasteiger partial charge in [0.2, 0.25) is 5.95 Å². The van der Waals surface area contributed by atoms with Gasteiger partial charge in [0.15, 0.2) is 4.90 Å². The number of halogens is 3. The van der Waals surface area contributed by atoms with Gasteiger partial charge in [-0.25, -0.2) is 45.0 Å². The van der Waals surface area contributed by atoms with Crippen LogP contribution in [0, 0.1) is 24.4 Å². The highest BCUT2D eigenvalue weighted by molar-refractivity contribution is 7.92. The van der Waals surface area contributed by atoms with E-state index in [0.29, 0.717) is 33.6 Å². The highest BCUT2D eigenvalue weighted by Crippen LogP contribution is 2.41. The molecule has 0 saturated carbocycles. The van der Waals surface area contributed by atoms with Gasteiger partial charge in [-0.1, -0.05) is 19.9 Å². The second kappa shape index (κ2) is 16.1. The molecule has 0 radical (unpaired) electrons. The maximum Gasteiger partial charge on any atom is 0.267 e. The highest BCUT2D eigenvalue weighted by atomic mass is 32.2. The SMILES string of the molecule is COc1cc(N2CCN(CCS(C)(=O)=O)CC2)c(C)cc1Nc1nccc(-c2sc(C(C)C)nc2-c2cc(NS(=O)(=O)c3c(F)cccc3F)ccc2F)n1.